The standard InChI is InChI=1S/C17H20N2O4/c1-11-14(5-7-23-11)18-17(20)19-6-4-12-8-15(21-2)16(22-3)9-13(12)10-19/h5,7-9H,4,6,10H2,1-3H3,(H,18,20). The maximum absolute atomic E-state index is 12.4. The van der Waals surface area contributed by atoms with E-state index in [1.807, 2.05) is 19.1 Å². The van der Waals surface area contributed by atoms with Gasteiger partial charge in [0.15, 0.2) is 11.5 Å². The van der Waals surface area contributed by atoms with Gasteiger partial charge in [-0.3, -0.25) is 0 Å². The van der Waals surface area contributed by atoms with Gasteiger partial charge in [0.05, 0.1) is 26.2 Å². The number of carbonyl (C=O) groups excluding carboxylic acids is 1. The highest BCUT2D eigenvalue weighted by molar-refractivity contribution is 5.90. The SMILES string of the molecule is COc1cc2c(cc1OC)CN(C(=O)Nc1ccoc1C)CC2. The number of urea groups is 1. The largest absolute Gasteiger partial charge is 0.493 e. The van der Waals surface area contributed by atoms with Gasteiger partial charge in [0.1, 0.15) is 5.76 Å². The van der Waals surface area contributed by atoms with E-state index in [1.165, 1.54) is 5.56 Å². The molecule has 0 saturated carbocycles. The van der Waals surface area contributed by atoms with Crippen LogP contribution in [0.4, 0.5) is 10.5 Å². The molecular weight excluding hydrogens is 296 g/mol. The van der Waals surface area contributed by atoms with Gasteiger partial charge >= 0.3 is 6.03 Å². The number of rotatable bonds is 3. The van der Waals surface area contributed by atoms with Crippen LogP contribution in [-0.2, 0) is 13.0 Å². The van der Waals surface area contributed by atoms with Crippen molar-refractivity contribution < 1.29 is 18.7 Å². The molecule has 1 aromatic heterocycles. The van der Waals surface area contributed by atoms with E-state index in [2.05, 4.69) is 5.32 Å². The Kier molecular flexibility index (Phi) is 4.14. The summed E-state index contributed by atoms with van der Waals surface area (Å²) in [5.41, 5.74) is 2.97. The molecule has 0 fully saturated rings. The molecular formula is C17H20N2O4. The first-order valence-electron chi connectivity index (χ1n) is 7.46. The number of amides is 2. The molecule has 0 aliphatic carbocycles. The van der Waals surface area contributed by atoms with Crippen molar-refractivity contribution in [2.45, 2.75) is 19.9 Å². The highest BCUT2D eigenvalue weighted by atomic mass is 16.5. The van der Waals surface area contributed by atoms with E-state index in [4.69, 9.17) is 13.9 Å². The highest BCUT2D eigenvalue weighted by Crippen LogP contribution is 2.33. The van der Waals surface area contributed by atoms with Crippen LogP contribution in [-0.4, -0.2) is 31.7 Å². The molecule has 2 heterocycles. The monoisotopic (exact) mass is 316 g/mol. The van der Waals surface area contributed by atoms with Crippen molar-refractivity contribution >= 4 is 11.7 Å². The van der Waals surface area contributed by atoms with Gasteiger partial charge in [-0.15, -0.1) is 0 Å². The number of nitrogens with zero attached hydrogens (tertiary/aromatic N) is 1. The smallest absolute Gasteiger partial charge is 0.322 e. The predicted octanol–water partition coefficient (Wildman–Crippen LogP) is 3.20. The molecule has 2 amide bonds. The second-order valence-corrected chi connectivity index (χ2v) is 5.47. The average molecular weight is 316 g/mol. The second kappa shape index (κ2) is 6.24. The van der Waals surface area contributed by atoms with E-state index < -0.39 is 0 Å². The normalized spacial score (nSPS) is 13.4. The van der Waals surface area contributed by atoms with Gasteiger partial charge in [-0.25, -0.2) is 4.79 Å². The summed E-state index contributed by atoms with van der Waals surface area (Å²) < 4.78 is 15.9. The lowest BCUT2D eigenvalue weighted by Gasteiger charge is -2.29. The third kappa shape index (κ3) is 2.97. The minimum atomic E-state index is -0.130. The van der Waals surface area contributed by atoms with Crippen molar-refractivity contribution in [1.82, 2.24) is 4.90 Å². The van der Waals surface area contributed by atoms with Gasteiger partial charge in [-0.2, -0.15) is 0 Å². The number of nitrogens with one attached hydrogen (secondary N) is 1. The summed E-state index contributed by atoms with van der Waals surface area (Å²) in [4.78, 5) is 14.2. The van der Waals surface area contributed by atoms with Crippen molar-refractivity contribution in [3.63, 3.8) is 0 Å². The Hall–Kier alpha value is -2.63. The van der Waals surface area contributed by atoms with Crippen molar-refractivity contribution in [3.05, 3.63) is 41.3 Å². The number of aryl methyl sites for hydroxylation is 1. The first-order valence-corrected chi connectivity index (χ1v) is 7.46. The Morgan fingerprint density at radius 3 is 2.52 bits per heavy atom. The minimum Gasteiger partial charge on any atom is -0.493 e. The molecule has 0 spiro atoms. The lowest BCUT2D eigenvalue weighted by Crippen LogP contribution is -2.38. The molecule has 122 valence electrons. The fraction of sp³-hybridized carbons (Fsp3) is 0.353. The lowest BCUT2D eigenvalue weighted by atomic mass is 9.99. The first kappa shape index (κ1) is 15.3. The third-order valence-corrected chi connectivity index (χ3v) is 4.11. The molecule has 0 unspecified atom stereocenters. The number of methoxy groups -OCH3 is 2. The Morgan fingerprint density at radius 1 is 1.22 bits per heavy atom. The molecule has 23 heavy (non-hydrogen) atoms. The summed E-state index contributed by atoms with van der Waals surface area (Å²) in [5, 5.41) is 2.88. The fourth-order valence-corrected chi connectivity index (χ4v) is 2.77. The summed E-state index contributed by atoms with van der Waals surface area (Å²) >= 11 is 0. The number of benzene rings is 1. The fourth-order valence-electron chi connectivity index (χ4n) is 2.77. The van der Waals surface area contributed by atoms with E-state index in [9.17, 15) is 4.79 Å². The lowest BCUT2D eigenvalue weighted by molar-refractivity contribution is 0.206. The number of carbonyl (C=O) groups is 1. The Morgan fingerprint density at radius 2 is 1.91 bits per heavy atom. The molecule has 0 atom stereocenters. The van der Waals surface area contributed by atoms with Crippen molar-refractivity contribution in [1.29, 1.82) is 0 Å². The average Bonchev–Trinajstić information content (AvgIpc) is 2.97. The van der Waals surface area contributed by atoms with Gasteiger partial charge in [0, 0.05) is 19.2 Å². The van der Waals surface area contributed by atoms with E-state index >= 15 is 0 Å². The van der Waals surface area contributed by atoms with Crippen molar-refractivity contribution in [2.75, 3.05) is 26.1 Å². The molecule has 2 aromatic rings. The highest BCUT2D eigenvalue weighted by Gasteiger charge is 2.23. The van der Waals surface area contributed by atoms with E-state index in [0.717, 1.165) is 17.7 Å². The van der Waals surface area contributed by atoms with E-state index in [-0.39, 0.29) is 6.03 Å². The summed E-state index contributed by atoms with van der Waals surface area (Å²) in [6, 6.07) is 5.55. The molecule has 1 aliphatic heterocycles. The molecule has 0 saturated heterocycles. The second-order valence-electron chi connectivity index (χ2n) is 5.47. The van der Waals surface area contributed by atoms with Crippen LogP contribution in [0.2, 0.25) is 0 Å². The van der Waals surface area contributed by atoms with E-state index in [1.54, 1.807) is 31.4 Å². The number of anilines is 1. The first-order chi connectivity index (χ1) is 11.1. The Bertz CT molecular complexity index is 723. The topological polar surface area (TPSA) is 63.9 Å². The van der Waals surface area contributed by atoms with Gasteiger partial charge in [-0.1, -0.05) is 0 Å². The Labute approximate surface area is 135 Å². The molecule has 1 aliphatic rings. The summed E-state index contributed by atoms with van der Waals surface area (Å²) in [6.45, 7) is 3.02. The van der Waals surface area contributed by atoms with Crippen LogP contribution in [0.3, 0.4) is 0 Å². The number of furan rings is 1. The summed E-state index contributed by atoms with van der Waals surface area (Å²) in [6.07, 6.45) is 2.35. The molecule has 0 radical (unpaired) electrons. The van der Waals surface area contributed by atoms with Crippen LogP contribution >= 0.6 is 0 Å². The zero-order chi connectivity index (χ0) is 16.4. The van der Waals surface area contributed by atoms with Gasteiger partial charge < -0.3 is 24.1 Å². The van der Waals surface area contributed by atoms with Crippen LogP contribution in [0.5, 0.6) is 11.5 Å². The predicted molar refractivity (Wildman–Crippen MR) is 86.1 cm³/mol. The maximum atomic E-state index is 12.4. The summed E-state index contributed by atoms with van der Waals surface area (Å²) in [5.74, 6) is 2.10. The zero-order valence-corrected chi connectivity index (χ0v) is 13.5. The maximum Gasteiger partial charge on any atom is 0.322 e. The minimum absolute atomic E-state index is 0.130. The van der Waals surface area contributed by atoms with E-state index in [0.29, 0.717) is 30.3 Å². The molecule has 3 rings (SSSR count). The molecule has 6 heteroatoms. The van der Waals surface area contributed by atoms with Gasteiger partial charge in [0.25, 0.3) is 0 Å². The van der Waals surface area contributed by atoms with Crippen LogP contribution < -0.4 is 14.8 Å². The molecule has 1 N–H and O–H groups in total. The van der Waals surface area contributed by atoms with Crippen LogP contribution in [0.15, 0.2) is 28.9 Å². The molecule has 6 nitrogen and oxygen atoms in total. The molecule has 1 aromatic carbocycles. The quantitative estimate of drug-likeness (QED) is 0.944. The van der Waals surface area contributed by atoms with Gasteiger partial charge in [0.2, 0.25) is 0 Å². The number of fused-ring (bicyclic) bond motifs is 1. The number of hydrogen-bond acceptors (Lipinski definition) is 4. The zero-order valence-electron chi connectivity index (χ0n) is 13.5. The van der Waals surface area contributed by atoms with Crippen LogP contribution in [0.1, 0.15) is 16.9 Å². The number of ether oxygens (including phenoxy) is 2. The Balaban J connectivity index is 1.77. The molecule has 0 bridgehead atoms. The van der Waals surface area contributed by atoms with Gasteiger partial charge in [-0.05, 0) is 36.6 Å². The van der Waals surface area contributed by atoms with Crippen LogP contribution in [0.25, 0.3) is 0 Å². The van der Waals surface area contributed by atoms with Crippen molar-refractivity contribution in [3.8, 4) is 11.5 Å². The van der Waals surface area contributed by atoms with Crippen molar-refractivity contribution in [2.24, 2.45) is 0 Å². The van der Waals surface area contributed by atoms with Crippen LogP contribution in [0, 0.1) is 6.92 Å². The number of hydrogen-bond donors (Lipinski definition) is 1. The summed E-state index contributed by atoms with van der Waals surface area (Å²) in [7, 11) is 3.24. The third-order valence-electron chi connectivity index (χ3n) is 4.11.